The average molecular weight is 412 g/mol. The van der Waals surface area contributed by atoms with Crippen LogP contribution in [0, 0.1) is 13.8 Å². The molecule has 0 fully saturated rings. The Morgan fingerprint density at radius 2 is 1.68 bits per heavy atom. The zero-order chi connectivity index (χ0) is 21.8. The second-order valence-corrected chi connectivity index (χ2v) is 7.42. The first-order valence-electron chi connectivity index (χ1n) is 10.1. The van der Waals surface area contributed by atoms with Crippen LogP contribution in [0.2, 0.25) is 0 Å². The molecule has 4 aromatic rings. The first-order chi connectivity index (χ1) is 15.0. The summed E-state index contributed by atoms with van der Waals surface area (Å²) in [5, 5.41) is 18.8. The summed E-state index contributed by atoms with van der Waals surface area (Å²) in [6.45, 7) is 6.08. The fourth-order valence-electron chi connectivity index (χ4n) is 3.35. The van der Waals surface area contributed by atoms with Gasteiger partial charge in [-0.2, -0.15) is 5.10 Å². The third kappa shape index (κ3) is 4.78. The van der Waals surface area contributed by atoms with Gasteiger partial charge in [0.25, 0.3) is 5.91 Å². The van der Waals surface area contributed by atoms with E-state index in [1.807, 2.05) is 48.9 Å². The molecule has 2 aromatic carbocycles. The van der Waals surface area contributed by atoms with Crippen molar-refractivity contribution in [2.45, 2.75) is 26.8 Å². The number of anilines is 2. The fraction of sp³-hybridized carbons (Fsp3) is 0.167. The lowest BCUT2D eigenvalue weighted by Crippen LogP contribution is -2.15. The van der Waals surface area contributed by atoms with Crippen molar-refractivity contribution in [1.29, 1.82) is 0 Å². The number of amides is 1. The molecule has 0 aliphatic heterocycles. The molecule has 4 rings (SSSR count). The van der Waals surface area contributed by atoms with Crippen molar-refractivity contribution in [3.8, 4) is 5.69 Å². The molecule has 0 radical (unpaired) electrons. The van der Waals surface area contributed by atoms with Crippen molar-refractivity contribution in [2.75, 3.05) is 10.6 Å². The summed E-state index contributed by atoms with van der Waals surface area (Å²) in [6, 6.07) is 23.0. The Morgan fingerprint density at radius 1 is 0.935 bits per heavy atom. The number of hydrogen-bond donors (Lipinski definition) is 2. The van der Waals surface area contributed by atoms with Crippen molar-refractivity contribution in [2.24, 2.45) is 0 Å². The zero-order valence-electron chi connectivity index (χ0n) is 17.7. The van der Waals surface area contributed by atoms with E-state index in [1.54, 1.807) is 12.1 Å². The molecule has 7 nitrogen and oxygen atoms in total. The highest BCUT2D eigenvalue weighted by atomic mass is 16.1. The minimum absolute atomic E-state index is 0.0211. The molecule has 1 unspecified atom stereocenters. The topological polar surface area (TPSA) is 84.7 Å². The van der Waals surface area contributed by atoms with Gasteiger partial charge in [-0.15, -0.1) is 10.2 Å². The van der Waals surface area contributed by atoms with Crippen LogP contribution < -0.4 is 10.6 Å². The number of carbonyl (C=O) groups excluding carboxylic acids is 1. The molecular weight excluding hydrogens is 388 g/mol. The van der Waals surface area contributed by atoms with Gasteiger partial charge in [-0.05, 0) is 68.8 Å². The maximum absolute atomic E-state index is 12.3. The summed E-state index contributed by atoms with van der Waals surface area (Å²) in [4.78, 5) is 12.3. The van der Waals surface area contributed by atoms with Crippen LogP contribution in [0.25, 0.3) is 5.69 Å². The number of para-hydroxylation sites is 1. The van der Waals surface area contributed by atoms with E-state index in [-0.39, 0.29) is 17.6 Å². The summed E-state index contributed by atoms with van der Waals surface area (Å²) in [7, 11) is 0. The van der Waals surface area contributed by atoms with E-state index in [9.17, 15) is 4.79 Å². The summed E-state index contributed by atoms with van der Waals surface area (Å²) >= 11 is 0. The number of hydrogen-bond acceptors (Lipinski definition) is 5. The summed E-state index contributed by atoms with van der Waals surface area (Å²) in [6.07, 6.45) is 0. The van der Waals surface area contributed by atoms with Crippen LogP contribution in [0.3, 0.4) is 0 Å². The molecular formula is C24H24N6O. The minimum Gasteiger partial charge on any atom is -0.362 e. The molecule has 1 amide bonds. The van der Waals surface area contributed by atoms with Crippen molar-refractivity contribution >= 4 is 17.4 Å². The predicted octanol–water partition coefficient (Wildman–Crippen LogP) is 4.70. The molecule has 156 valence electrons. The Kier molecular flexibility index (Phi) is 5.75. The van der Waals surface area contributed by atoms with Gasteiger partial charge in [0, 0.05) is 11.4 Å². The highest BCUT2D eigenvalue weighted by Gasteiger charge is 2.11. The van der Waals surface area contributed by atoms with Crippen molar-refractivity contribution in [1.82, 2.24) is 20.0 Å². The zero-order valence-corrected chi connectivity index (χ0v) is 17.7. The Balaban J connectivity index is 1.40. The average Bonchev–Trinajstić information content (AvgIpc) is 3.13. The van der Waals surface area contributed by atoms with Crippen molar-refractivity contribution in [3.63, 3.8) is 0 Å². The number of aryl methyl sites for hydroxylation is 2. The van der Waals surface area contributed by atoms with E-state index in [2.05, 4.69) is 63.2 Å². The summed E-state index contributed by atoms with van der Waals surface area (Å²) in [5.74, 6) is 0.310. The van der Waals surface area contributed by atoms with Crippen LogP contribution in [0.5, 0.6) is 0 Å². The van der Waals surface area contributed by atoms with Crippen LogP contribution in [0.4, 0.5) is 11.5 Å². The largest absolute Gasteiger partial charge is 0.362 e. The molecule has 0 aliphatic rings. The third-order valence-electron chi connectivity index (χ3n) is 4.94. The van der Waals surface area contributed by atoms with Gasteiger partial charge in [-0.3, -0.25) is 4.79 Å². The van der Waals surface area contributed by atoms with E-state index < -0.39 is 0 Å². The maximum Gasteiger partial charge on any atom is 0.276 e. The van der Waals surface area contributed by atoms with Gasteiger partial charge in [0.1, 0.15) is 5.82 Å². The molecule has 2 N–H and O–H groups in total. The molecule has 7 heteroatoms. The highest BCUT2D eigenvalue weighted by Crippen LogP contribution is 2.20. The number of aromatic nitrogens is 4. The van der Waals surface area contributed by atoms with Crippen molar-refractivity contribution in [3.05, 3.63) is 95.4 Å². The number of rotatable bonds is 6. The van der Waals surface area contributed by atoms with E-state index in [4.69, 9.17) is 0 Å². The lowest BCUT2D eigenvalue weighted by atomic mass is 10.1. The monoisotopic (exact) mass is 412 g/mol. The predicted molar refractivity (Wildman–Crippen MR) is 122 cm³/mol. The van der Waals surface area contributed by atoms with Gasteiger partial charge in [0.15, 0.2) is 5.69 Å². The Labute approximate surface area is 181 Å². The smallest absolute Gasteiger partial charge is 0.276 e. The van der Waals surface area contributed by atoms with Crippen LogP contribution >= 0.6 is 0 Å². The summed E-state index contributed by atoms with van der Waals surface area (Å²) in [5.41, 5.74) is 5.21. The first kappa shape index (κ1) is 20.3. The minimum atomic E-state index is -0.293. The van der Waals surface area contributed by atoms with Gasteiger partial charge in [-0.1, -0.05) is 30.3 Å². The highest BCUT2D eigenvalue weighted by molar-refractivity contribution is 6.02. The third-order valence-corrected chi connectivity index (χ3v) is 4.94. The van der Waals surface area contributed by atoms with Gasteiger partial charge in [0.2, 0.25) is 0 Å². The molecule has 0 spiro atoms. The Bertz CT molecular complexity index is 1170. The molecule has 2 heterocycles. The number of nitrogens with zero attached hydrogens (tertiary/aromatic N) is 4. The van der Waals surface area contributed by atoms with Crippen molar-refractivity contribution < 1.29 is 4.79 Å². The lowest BCUT2D eigenvalue weighted by Gasteiger charge is -2.15. The Morgan fingerprint density at radius 3 is 2.29 bits per heavy atom. The summed E-state index contributed by atoms with van der Waals surface area (Å²) < 4.78 is 1.93. The molecule has 0 saturated carbocycles. The van der Waals surface area contributed by atoms with Crippen LogP contribution in [0.1, 0.15) is 40.4 Å². The second-order valence-electron chi connectivity index (χ2n) is 7.42. The normalized spacial score (nSPS) is 11.7. The van der Waals surface area contributed by atoms with Gasteiger partial charge in [-0.25, -0.2) is 4.68 Å². The standard InChI is InChI=1S/C24H24N6O/c1-16-15-17(2)30(29-16)21-11-9-19(10-12-21)18(3)25-23-14-13-22(27-28-23)24(31)26-20-7-5-4-6-8-20/h4-15,18H,1-3H3,(H,25,28)(H,26,31). The SMILES string of the molecule is Cc1cc(C)n(-c2ccc(C(C)Nc3ccc(C(=O)Nc4ccccc4)nn3)cc2)n1. The second kappa shape index (κ2) is 8.79. The first-order valence-corrected chi connectivity index (χ1v) is 10.1. The number of carbonyl (C=O) groups is 1. The Hall–Kier alpha value is -4.00. The molecule has 31 heavy (non-hydrogen) atoms. The molecule has 2 aromatic heterocycles. The molecule has 0 saturated heterocycles. The van der Waals surface area contributed by atoms with Gasteiger partial charge in [0.05, 0.1) is 17.4 Å². The van der Waals surface area contributed by atoms with E-state index in [0.29, 0.717) is 11.5 Å². The number of nitrogens with one attached hydrogen (secondary N) is 2. The molecule has 0 aliphatic carbocycles. The molecule has 0 bridgehead atoms. The van der Waals surface area contributed by atoms with Crippen LogP contribution in [-0.2, 0) is 0 Å². The van der Waals surface area contributed by atoms with E-state index >= 15 is 0 Å². The van der Waals surface area contributed by atoms with E-state index in [1.165, 1.54) is 0 Å². The maximum atomic E-state index is 12.3. The van der Waals surface area contributed by atoms with Gasteiger partial charge < -0.3 is 10.6 Å². The van der Waals surface area contributed by atoms with Crippen LogP contribution in [-0.4, -0.2) is 25.9 Å². The fourth-order valence-corrected chi connectivity index (χ4v) is 3.35. The molecule has 1 atom stereocenters. The lowest BCUT2D eigenvalue weighted by molar-refractivity contribution is 0.102. The quantitative estimate of drug-likeness (QED) is 0.479. The van der Waals surface area contributed by atoms with Gasteiger partial charge >= 0.3 is 0 Å². The number of benzene rings is 2. The van der Waals surface area contributed by atoms with E-state index in [0.717, 1.165) is 22.6 Å². The van der Waals surface area contributed by atoms with Crippen LogP contribution in [0.15, 0.2) is 72.8 Å².